The van der Waals surface area contributed by atoms with Crippen LogP contribution in [0.3, 0.4) is 0 Å². The molecule has 2 saturated heterocycles. The van der Waals surface area contributed by atoms with Crippen LogP contribution in [0.25, 0.3) is 0 Å². The van der Waals surface area contributed by atoms with Gasteiger partial charge in [0.25, 0.3) is 0 Å². The number of aldehydes is 1. The van der Waals surface area contributed by atoms with Gasteiger partial charge in [-0.1, -0.05) is 6.92 Å². The summed E-state index contributed by atoms with van der Waals surface area (Å²) in [5, 5.41) is 0. The topological polar surface area (TPSA) is 20.3 Å². The molecule has 74 valence electrons. The highest BCUT2D eigenvalue weighted by Crippen LogP contribution is 2.39. The van der Waals surface area contributed by atoms with Gasteiger partial charge in [-0.25, -0.2) is 0 Å². The minimum absolute atomic E-state index is 0.275. The summed E-state index contributed by atoms with van der Waals surface area (Å²) in [7, 11) is 2.24. The maximum atomic E-state index is 10.7. The number of fused-ring (bicyclic) bond motifs is 2. The van der Waals surface area contributed by atoms with Crippen LogP contribution in [0.15, 0.2) is 0 Å². The number of hydrogen-bond acceptors (Lipinski definition) is 2. The van der Waals surface area contributed by atoms with E-state index in [-0.39, 0.29) is 5.92 Å². The summed E-state index contributed by atoms with van der Waals surface area (Å²) in [6, 6.07) is 1.54. The Morgan fingerprint density at radius 3 is 2.31 bits per heavy atom. The lowest BCUT2D eigenvalue weighted by molar-refractivity contribution is -0.112. The molecule has 0 radical (unpaired) electrons. The van der Waals surface area contributed by atoms with Crippen molar-refractivity contribution in [1.29, 1.82) is 0 Å². The second-order valence-electron chi connectivity index (χ2n) is 4.78. The largest absolute Gasteiger partial charge is 0.303 e. The molecule has 0 spiro atoms. The molecule has 2 aliphatic rings. The fourth-order valence-corrected chi connectivity index (χ4v) is 2.99. The summed E-state index contributed by atoms with van der Waals surface area (Å²) in [5.74, 6) is 0.933. The molecule has 2 bridgehead atoms. The first kappa shape index (κ1) is 9.20. The number of piperidine rings is 1. The van der Waals surface area contributed by atoms with E-state index < -0.39 is 0 Å². The van der Waals surface area contributed by atoms with Crippen molar-refractivity contribution in [1.82, 2.24) is 4.90 Å². The van der Waals surface area contributed by atoms with Crippen LogP contribution in [-0.4, -0.2) is 30.3 Å². The second-order valence-corrected chi connectivity index (χ2v) is 4.78. The smallest absolute Gasteiger partial charge is 0.123 e. The molecule has 0 N–H and O–H groups in total. The van der Waals surface area contributed by atoms with Crippen LogP contribution in [0, 0.1) is 11.8 Å². The first-order valence-corrected chi connectivity index (χ1v) is 5.39. The summed E-state index contributed by atoms with van der Waals surface area (Å²) >= 11 is 0. The Balaban J connectivity index is 2.02. The van der Waals surface area contributed by atoms with Gasteiger partial charge in [0, 0.05) is 18.0 Å². The Bertz CT molecular complexity index is 190. The van der Waals surface area contributed by atoms with E-state index in [1.54, 1.807) is 0 Å². The van der Waals surface area contributed by atoms with Crippen LogP contribution in [0.1, 0.15) is 32.6 Å². The van der Waals surface area contributed by atoms with Crippen molar-refractivity contribution in [2.75, 3.05) is 7.05 Å². The molecular weight excluding hydrogens is 162 g/mol. The molecule has 2 rings (SSSR count). The highest BCUT2D eigenvalue weighted by Gasteiger charge is 2.39. The zero-order valence-corrected chi connectivity index (χ0v) is 8.57. The lowest BCUT2D eigenvalue weighted by Crippen LogP contribution is -2.41. The average molecular weight is 181 g/mol. The highest BCUT2D eigenvalue weighted by atomic mass is 16.1. The van der Waals surface area contributed by atoms with E-state index in [0.29, 0.717) is 5.92 Å². The molecule has 2 nitrogen and oxygen atoms in total. The fourth-order valence-electron chi connectivity index (χ4n) is 2.99. The third-order valence-corrected chi connectivity index (χ3v) is 4.09. The van der Waals surface area contributed by atoms with Crippen LogP contribution in [0.2, 0.25) is 0 Å². The molecule has 2 heteroatoms. The predicted octanol–water partition coefficient (Wildman–Crippen LogP) is 1.69. The zero-order valence-electron chi connectivity index (χ0n) is 8.57. The van der Waals surface area contributed by atoms with Crippen LogP contribution in [0.4, 0.5) is 0 Å². The third kappa shape index (κ3) is 1.52. The summed E-state index contributed by atoms with van der Waals surface area (Å²) in [5.41, 5.74) is 0. The molecule has 0 aromatic rings. The molecule has 0 amide bonds. The van der Waals surface area contributed by atoms with Gasteiger partial charge in [-0.3, -0.25) is 0 Å². The number of rotatable bonds is 2. The monoisotopic (exact) mass is 181 g/mol. The Morgan fingerprint density at radius 2 is 1.85 bits per heavy atom. The standard InChI is InChI=1S/C11H19NO/c1-8(7-13)9-5-10-3-4-11(6-9)12(10)2/h7-11H,3-6H2,1-2H3. The Hall–Kier alpha value is -0.370. The molecule has 13 heavy (non-hydrogen) atoms. The molecular formula is C11H19NO. The van der Waals surface area contributed by atoms with Gasteiger partial charge in [0.1, 0.15) is 6.29 Å². The lowest BCUT2D eigenvalue weighted by atomic mass is 9.83. The summed E-state index contributed by atoms with van der Waals surface area (Å²) < 4.78 is 0. The van der Waals surface area contributed by atoms with Crippen molar-refractivity contribution in [2.45, 2.75) is 44.7 Å². The molecule has 0 aromatic carbocycles. The van der Waals surface area contributed by atoms with E-state index in [9.17, 15) is 4.79 Å². The van der Waals surface area contributed by atoms with Gasteiger partial charge in [0.2, 0.25) is 0 Å². The predicted molar refractivity (Wildman–Crippen MR) is 52.5 cm³/mol. The van der Waals surface area contributed by atoms with E-state index in [0.717, 1.165) is 18.4 Å². The quantitative estimate of drug-likeness (QED) is 0.604. The van der Waals surface area contributed by atoms with Crippen LogP contribution >= 0.6 is 0 Å². The SMILES string of the molecule is CC(C=O)C1CC2CCC(C1)N2C. The van der Waals surface area contributed by atoms with Crippen molar-refractivity contribution < 1.29 is 4.79 Å². The van der Waals surface area contributed by atoms with Gasteiger partial charge in [-0.05, 0) is 38.6 Å². The number of nitrogens with zero attached hydrogens (tertiary/aromatic N) is 1. The van der Waals surface area contributed by atoms with E-state index in [4.69, 9.17) is 0 Å². The van der Waals surface area contributed by atoms with Crippen LogP contribution in [-0.2, 0) is 4.79 Å². The summed E-state index contributed by atoms with van der Waals surface area (Å²) in [6.07, 6.45) is 6.32. The van der Waals surface area contributed by atoms with Crippen LogP contribution < -0.4 is 0 Å². The maximum Gasteiger partial charge on any atom is 0.123 e. The van der Waals surface area contributed by atoms with Gasteiger partial charge < -0.3 is 9.69 Å². The van der Waals surface area contributed by atoms with Crippen molar-refractivity contribution in [3.8, 4) is 0 Å². The first-order valence-electron chi connectivity index (χ1n) is 5.39. The van der Waals surface area contributed by atoms with Gasteiger partial charge in [0.05, 0.1) is 0 Å². The molecule has 0 aliphatic carbocycles. The highest BCUT2D eigenvalue weighted by molar-refractivity contribution is 5.53. The van der Waals surface area contributed by atoms with Gasteiger partial charge >= 0.3 is 0 Å². The van der Waals surface area contributed by atoms with Gasteiger partial charge in [-0.15, -0.1) is 0 Å². The van der Waals surface area contributed by atoms with Gasteiger partial charge in [0.15, 0.2) is 0 Å². The van der Waals surface area contributed by atoms with E-state index >= 15 is 0 Å². The number of hydrogen-bond donors (Lipinski definition) is 0. The molecule has 2 heterocycles. The van der Waals surface area contributed by atoms with Crippen LogP contribution in [0.5, 0.6) is 0 Å². The van der Waals surface area contributed by atoms with Crippen molar-refractivity contribution in [2.24, 2.45) is 11.8 Å². The first-order chi connectivity index (χ1) is 6.22. The second kappa shape index (κ2) is 3.41. The Morgan fingerprint density at radius 1 is 1.31 bits per heavy atom. The minimum atomic E-state index is 0.275. The fraction of sp³-hybridized carbons (Fsp3) is 0.909. The molecule has 2 fully saturated rings. The van der Waals surface area contributed by atoms with E-state index in [1.807, 2.05) is 0 Å². The molecule has 2 aliphatic heterocycles. The van der Waals surface area contributed by atoms with Crippen molar-refractivity contribution >= 4 is 6.29 Å². The van der Waals surface area contributed by atoms with Gasteiger partial charge in [-0.2, -0.15) is 0 Å². The lowest BCUT2D eigenvalue weighted by Gasteiger charge is -2.37. The molecule has 0 aromatic heterocycles. The summed E-state index contributed by atoms with van der Waals surface area (Å²) in [4.78, 5) is 13.2. The average Bonchev–Trinajstić information content (AvgIpc) is 2.42. The molecule has 3 atom stereocenters. The zero-order chi connectivity index (χ0) is 9.42. The number of carbonyl (C=O) groups excluding carboxylic acids is 1. The minimum Gasteiger partial charge on any atom is -0.303 e. The van der Waals surface area contributed by atoms with E-state index in [2.05, 4.69) is 18.9 Å². The maximum absolute atomic E-state index is 10.7. The third-order valence-electron chi connectivity index (χ3n) is 4.09. The van der Waals surface area contributed by atoms with Crippen molar-refractivity contribution in [3.05, 3.63) is 0 Å². The Labute approximate surface area is 80.3 Å². The normalized spacial score (nSPS) is 41.8. The van der Waals surface area contributed by atoms with Crippen molar-refractivity contribution in [3.63, 3.8) is 0 Å². The molecule has 0 saturated carbocycles. The molecule has 3 unspecified atom stereocenters. The summed E-state index contributed by atoms with van der Waals surface area (Å²) in [6.45, 7) is 2.07. The number of carbonyl (C=O) groups is 1. The van der Waals surface area contributed by atoms with E-state index in [1.165, 1.54) is 25.7 Å². The Kier molecular flexibility index (Phi) is 2.41.